The van der Waals surface area contributed by atoms with Crippen LogP contribution in [0.2, 0.25) is 0 Å². The van der Waals surface area contributed by atoms with E-state index in [0.717, 1.165) is 16.9 Å². The number of aryl methyl sites for hydroxylation is 1. The number of imidazole rings is 1. The van der Waals surface area contributed by atoms with Crippen LogP contribution in [0, 0.1) is 0 Å². The van der Waals surface area contributed by atoms with Crippen LogP contribution in [-0.4, -0.2) is 40.9 Å². The Hall–Kier alpha value is -3.52. The molecular weight excluding hydrogens is 410 g/mol. The average molecular weight is 440 g/mol. The molecule has 3 rings (SSSR count). The molecule has 0 aliphatic rings. The largest absolute Gasteiger partial charge is 0.497 e. The van der Waals surface area contributed by atoms with Gasteiger partial charge in [0.1, 0.15) is 29.5 Å². The molecule has 0 spiro atoms. The van der Waals surface area contributed by atoms with Crippen molar-refractivity contribution >= 4 is 5.91 Å². The lowest BCUT2D eigenvalue weighted by Crippen LogP contribution is -2.21. The minimum Gasteiger partial charge on any atom is -0.497 e. The van der Waals surface area contributed by atoms with Gasteiger partial charge in [-0.1, -0.05) is 18.2 Å². The second kappa shape index (κ2) is 10.7. The van der Waals surface area contributed by atoms with Crippen molar-refractivity contribution in [1.29, 1.82) is 0 Å². The minimum absolute atomic E-state index is 0.174. The van der Waals surface area contributed by atoms with Crippen molar-refractivity contribution in [3.05, 3.63) is 71.8 Å². The molecule has 2 atom stereocenters. The third-order valence-electron chi connectivity index (χ3n) is 5.28. The first-order valence-electron chi connectivity index (χ1n) is 10.3. The third kappa shape index (κ3) is 5.79. The van der Waals surface area contributed by atoms with Gasteiger partial charge in [-0.15, -0.1) is 0 Å². The van der Waals surface area contributed by atoms with E-state index in [-0.39, 0.29) is 11.7 Å². The van der Waals surface area contributed by atoms with E-state index in [1.807, 2.05) is 42.5 Å². The Labute approximate surface area is 187 Å². The molecule has 8 nitrogen and oxygen atoms in total. The van der Waals surface area contributed by atoms with Crippen LogP contribution in [0.15, 0.2) is 55.0 Å². The first-order chi connectivity index (χ1) is 15.4. The maximum absolute atomic E-state index is 11.4. The normalized spacial score (nSPS) is 12.8. The summed E-state index contributed by atoms with van der Waals surface area (Å²) in [4.78, 5) is 15.4. The Balaban J connectivity index is 1.71. The molecule has 0 saturated carbocycles. The first-order valence-corrected chi connectivity index (χ1v) is 10.3. The Kier molecular flexibility index (Phi) is 7.72. The zero-order valence-electron chi connectivity index (χ0n) is 18.5. The monoisotopic (exact) mass is 439 g/mol. The SMILES string of the molecule is COc1cc(COc2ccccc2CCC(C(C)O)n2cnc(C(N)=O)c2)cc(OC)c1. The number of primary amides is 1. The van der Waals surface area contributed by atoms with Crippen molar-refractivity contribution in [2.45, 2.75) is 38.5 Å². The number of carbonyl (C=O) groups excluding carboxylic acids is 1. The number of amides is 1. The van der Waals surface area contributed by atoms with Gasteiger partial charge in [-0.05, 0) is 49.1 Å². The van der Waals surface area contributed by atoms with E-state index in [9.17, 15) is 9.90 Å². The molecule has 2 aromatic carbocycles. The number of ether oxygens (including phenoxy) is 3. The molecule has 0 aliphatic heterocycles. The number of methoxy groups -OCH3 is 2. The number of carbonyl (C=O) groups is 1. The van der Waals surface area contributed by atoms with Gasteiger partial charge in [-0.25, -0.2) is 4.98 Å². The summed E-state index contributed by atoms with van der Waals surface area (Å²) in [7, 11) is 3.22. The van der Waals surface area contributed by atoms with Gasteiger partial charge in [-0.3, -0.25) is 4.79 Å². The van der Waals surface area contributed by atoms with Crippen LogP contribution in [-0.2, 0) is 13.0 Å². The molecule has 0 aliphatic carbocycles. The second-order valence-electron chi connectivity index (χ2n) is 7.53. The van der Waals surface area contributed by atoms with Gasteiger partial charge >= 0.3 is 0 Å². The van der Waals surface area contributed by atoms with Gasteiger partial charge in [0.05, 0.1) is 32.7 Å². The van der Waals surface area contributed by atoms with E-state index in [0.29, 0.717) is 30.9 Å². The number of aromatic nitrogens is 2. The highest BCUT2D eigenvalue weighted by molar-refractivity contribution is 5.90. The second-order valence-corrected chi connectivity index (χ2v) is 7.53. The third-order valence-corrected chi connectivity index (χ3v) is 5.28. The van der Waals surface area contributed by atoms with E-state index in [1.165, 1.54) is 6.33 Å². The van der Waals surface area contributed by atoms with E-state index in [1.54, 1.807) is 31.9 Å². The van der Waals surface area contributed by atoms with Gasteiger partial charge in [0.2, 0.25) is 0 Å². The summed E-state index contributed by atoms with van der Waals surface area (Å²) in [6, 6.07) is 13.2. The van der Waals surface area contributed by atoms with E-state index in [4.69, 9.17) is 19.9 Å². The van der Waals surface area contributed by atoms with E-state index < -0.39 is 12.0 Å². The molecule has 2 unspecified atom stereocenters. The fraction of sp³-hybridized carbons (Fsp3) is 0.333. The summed E-state index contributed by atoms with van der Waals surface area (Å²) in [6.07, 6.45) is 3.74. The molecule has 0 radical (unpaired) electrons. The molecule has 32 heavy (non-hydrogen) atoms. The van der Waals surface area contributed by atoms with Gasteiger partial charge in [0.25, 0.3) is 5.91 Å². The standard InChI is InChI=1S/C24H29N3O5/c1-16(28)22(27-13-21(24(25)29)26-15-27)9-8-18-6-4-5-7-23(18)32-14-17-10-19(30-2)12-20(11-17)31-3/h4-7,10-13,15-16,22,28H,8-9,14H2,1-3H3,(H2,25,29). The molecule has 170 valence electrons. The van der Waals surface area contributed by atoms with Crippen molar-refractivity contribution in [2.75, 3.05) is 14.2 Å². The van der Waals surface area contributed by atoms with Crippen molar-refractivity contribution in [2.24, 2.45) is 5.73 Å². The number of benzene rings is 2. The highest BCUT2D eigenvalue weighted by Crippen LogP contribution is 2.27. The molecule has 1 aromatic heterocycles. The lowest BCUT2D eigenvalue weighted by Gasteiger charge is -2.22. The smallest absolute Gasteiger partial charge is 0.268 e. The molecule has 1 heterocycles. The maximum Gasteiger partial charge on any atom is 0.268 e. The van der Waals surface area contributed by atoms with E-state index >= 15 is 0 Å². The summed E-state index contributed by atoms with van der Waals surface area (Å²) >= 11 is 0. The predicted octanol–water partition coefficient (Wildman–Crippen LogP) is 3.13. The number of para-hydroxylation sites is 1. The summed E-state index contributed by atoms with van der Waals surface area (Å²) in [5, 5.41) is 10.3. The number of aliphatic hydroxyl groups is 1. The van der Waals surface area contributed by atoms with Gasteiger partial charge < -0.3 is 29.6 Å². The first kappa shape index (κ1) is 23.1. The molecule has 8 heteroatoms. The average Bonchev–Trinajstić information content (AvgIpc) is 3.28. The van der Waals surface area contributed by atoms with Crippen molar-refractivity contribution < 1.29 is 24.1 Å². The Morgan fingerprint density at radius 3 is 2.44 bits per heavy atom. The summed E-state index contributed by atoms with van der Waals surface area (Å²) in [5.41, 5.74) is 7.41. The summed E-state index contributed by atoms with van der Waals surface area (Å²) in [5.74, 6) is 1.57. The lowest BCUT2D eigenvalue weighted by atomic mass is 10.0. The predicted molar refractivity (Wildman–Crippen MR) is 120 cm³/mol. The fourth-order valence-corrected chi connectivity index (χ4v) is 3.55. The molecule has 1 amide bonds. The molecule has 3 aromatic rings. The number of hydrogen-bond acceptors (Lipinski definition) is 6. The summed E-state index contributed by atoms with van der Waals surface area (Å²) in [6.45, 7) is 2.07. The van der Waals surface area contributed by atoms with Crippen molar-refractivity contribution in [3.8, 4) is 17.2 Å². The maximum atomic E-state index is 11.4. The minimum atomic E-state index is -0.637. The van der Waals surface area contributed by atoms with Crippen LogP contribution >= 0.6 is 0 Å². The van der Waals surface area contributed by atoms with Crippen LogP contribution in [0.1, 0.15) is 41.0 Å². The highest BCUT2D eigenvalue weighted by atomic mass is 16.5. The zero-order chi connectivity index (χ0) is 23.1. The van der Waals surface area contributed by atoms with Crippen molar-refractivity contribution in [1.82, 2.24) is 9.55 Å². The topological polar surface area (TPSA) is 109 Å². The van der Waals surface area contributed by atoms with Crippen LogP contribution in [0.3, 0.4) is 0 Å². The van der Waals surface area contributed by atoms with Gasteiger partial charge in [0, 0.05) is 12.3 Å². The number of nitrogens with zero attached hydrogens (tertiary/aromatic N) is 2. The quantitative estimate of drug-likeness (QED) is 0.475. The van der Waals surface area contributed by atoms with Crippen molar-refractivity contribution in [3.63, 3.8) is 0 Å². The summed E-state index contributed by atoms with van der Waals surface area (Å²) < 4.78 is 18.5. The van der Waals surface area contributed by atoms with E-state index in [2.05, 4.69) is 4.98 Å². The molecule has 3 N–H and O–H groups in total. The van der Waals surface area contributed by atoms with Gasteiger partial charge in [0.15, 0.2) is 0 Å². The molecule has 0 fully saturated rings. The highest BCUT2D eigenvalue weighted by Gasteiger charge is 2.19. The molecule has 0 bridgehead atoms. The number of rotatable bonds is 11. The Morgan fingerprint density at radius 2 is 1.84 bits per heavy atom. The number of hydrogen-bond donors (Lipinski definition) is 2. The number of nitrogens with two attached hydrogens (primary N) is 1. The molecule has 0 saturated heterocycles. The Morgan fingerprint density at radius 1 is 1.16 bits per heavy atom. The van der Waals surface area contributed by atoms with Gasteiger partial charge in [-0.2, -0.15) is 0 Å². The van der Waals surface area contributed by atoms with Crippen LogP contribution in [0.5, 0.6) is 17.2 Å². The van der Waals surface area contributed by atoms with Crippen LogP contribution < -0.4 is 19.9 Å². The number of aliphatic hydroxyl groups excluding tert-OH is 1. The Bertz CT molecular complexity index is 1030. The zero-order valence-corrected chi connectivity index (χ0v) is 18.5. The molecular formula is C24H29N3O5. The van der Waals surface area contributed by atoms with Crippen LogP contribution in [0.4, 0.5) is 0 Å². The van der Waals surface area contributed by atoms with Crippen LogP contribution in [0.25, 0.3) is 0 Å². The lowest BCUT2D eigenvalue weighted by molar-refractivity contribution is 0.0994. The fourth-order valence-electron chi connectivity index (χ4n) is 3.55.